The Bertz CT molecular complexity index is 1090. The summed E-state index contributed by atoms with van der Waals surface area (Å²) in [7, 11) is 0. The molecule has 32 heavy (non-hydrogen) atoms. The summed E-state index contributed by atoms with van der Waals surface area (Å²) in [4.78, 5) is 51.8. The lowest BCUT2D eigenvalue weighted by Crippen LogP contribution is -2.32. The Labute approximate surface area is 193 Å². The summed E-state index contributed by atoms with van der Waals surface area (Å²) in [5, 5.41) is 2.65. The molecule has 164 valence electrons. The Morgan fingerprint density at radius 3 is 2.31 bits per heavy atom. The number of nitrogens with zero attached hydrogens (tertiary/aromatic N) is 1. The van der Waals surface area contributed by atoms with Crippen molar-refractivity contribution >= 4 is 51.0 Å². The molecule has 2 aromatic rings. The minimum atomic E-state index is -0.697. The van der Waals surface area contributed by atoms with Gasteiger partial charge in [0.15, 0.2) is 6.61 Å². The number of anilines is 2. The lowest BCUT2D eigenvalue weighted by atomic mass is 9.81. The fourth-order valence-corrected chi connectivity index (χ4v) is 5.64. The number of hydrogen-bond acceptors (Lipinski definition) is 5. The quantitative estimate of drug-likeness (QED) is 0.502. The molecule has 4 atom stereocenters. The number of fused-ring (bicyclic) bond motifs is 5. The van der Waals surface area contributed by atoms with Crippen molar-refractivity contribution in [3.05, 3.63) is 58.6 Å². The predicted octanol–water partition coefficient (Wildman–Crippen LogP) is 3.78. The standard InChI is InChI=1S/C24H21BrN2O5/c25-16-6-8-17(9-7-16)26-19(28)12-32-24(31)15-2-1-3-18(11-15)27-22(29)20-13-4-5-14(10-13)21(20)23(27)30/h1-3,6-9,11,13-14,20-21H,4-5,10,12H2,(H,26,28)/t13-,14-,20-,21+/m0/s1. The summed E-state index contributed by atoms with van der Waals surface area (Å²) in [6.07, 6.45) is 2.98. The summed E-state index contributed by atoms with van der Waals surface area (Å²) in [6.45, 7) is -0.450. The first-order chi connectivity index (χ1) is 15.4. The normalized spacial score (nSPS) is 25.7. The van der Waals surface area contributed by atoms with E-state index in [4.69, 9.17) is 4.74 Å². The first-order valence-electron chi connectivity index (χ1n) is 10.6. The molecule has 1 heterocycles. The summed E-state index contributed by atoms with van der Waals surface area (Å²) < 4.78 is 6.01. The average Bonchev–Trinajstić information content (AvgIpc) is 3.47. The monoisotopic (exact) mass is 496 g/mol. The molecule has 3 fully saturated rings. The molecule has 8 heteroatoms. The lowest BCUT2D eigenvalue weighted by Gasteiger charge is -2.19. The van der Waals surface area contributed by atoms with Gasteiger partial charge >= 0.3 is 5.97 Å². The van der Waals surface area contributed by atoms with E-state index in [9.17, 15) is 19.2 Å². The van der Waals surface area contributed by atoms with Gasteiger partial charge in [0.25, 0.3) is 5.91 Å². The van der Waals surface area contributed by atoms with E-state index in [1.807, 2.05) is 0 Å². The van der Waals surface area contributed by atoms with E-state index >= 15 is 0 Å². The van der Waals surface area contributed by atoms with Crippen LogP contribution in [-0.4, -0.2) is 30.3 Å². The second-order valence-electron chi connectivity index (χ2n) is 8.58. The van der Waals surface area contributed by atoms with E-state index in [0.717, 1.165) is 23.7 Å². The predicted molar refractivity (Wildman–Crippen MR) is 120 cm³/mol. The number of carbonyl (C=O) groups is 4. The largest absolute Gasteiger partial charge is 0.452 e. The van der Waals surface area contributed by atoms with Gasteiger partial charge in [0.05, 0.1) is 23.1 Å². The third kappa shape index (κ3) is 3.62. The van der Waals surface area contributed by atoms with E-state index in [1.54, 1.807) is 36.4 Å². The zero-order chi connectivity index (χ0) is 22.4. The number of ether oxygens (including phenoxy) is 1. The Hall–Kier alpha value is -3.00. The van der Waals surface area contributed by atoms with Crippen LogP contribution in [0.1, 0.15) is 29.6 Å². The number of benzene rings is 2. The van der Waals surface area contributed by atoms with Crippen LogP contribution in [0, 0.1) is 23.7 Å². The number of hydrogen-bond donors (Lipinski definition) is 1. The molecule has 2 bridgehead atoms. The SMILES string of the molecule is O=C(COC(=O)c1cccc(N2C(=O)[C@@H]3[C@H]4CC[C@@H](C4)[C@@H]3C2=O)c1)Nc1ccc(Br)cc1. The lowest BCUT2D eigenvalue weighted by molar-refractivity contribution is -0.123. The van der Waals surface area contributed by atoms with Crippen molar-refractivity contribution in [2.24, 2.45) is 23.7 Å². The number of carbonyl (C=O) groups excluding carboxylic acids is 4. The molecule has 2 aromatic carbocycles. The van der Waals surface area contributed by atoms with Crippen molar-refractivity contribution in [3.8, 4) is 0 Å². The Kier molecular flexibility index (Phi) is 5.33. The maximum atomic E-state index is 13.0. The topological polar surface area (TPSA) is 92.8 Å². The van der Waals surface area contributed by atoms with Crippen LogP contribution in [0.4, 0.5) is 11.4 Å². The van der Waals surface area contributed by atoms with E-state index in [1.165, 1.54) is 17.0 Å². The maximum absolute atomic E-state index is 13.0. The Morgan fingerprint density at radius 1 is 1.00 bits per heavy atom. The number of esters is 1. The molecule has 1 saturated heterocycles. The molecule has 0 aromatic heterocycles. The van der Waals surface area contributed by atoms with Crippen molar-refractivity contribution in [3.63, 3.8) is 0 Å². The Balaban J connectivity index is 1.24. The average molecular weight is 497 g/mol. The number of amides is 3. The smallest absolute Gasteiger partial charge is 0.338 e. The number of rotatable bonds is 5. The van der Waals surface area contributed by atoms with Gasteiger partial charge in [-0.05, 0) is 73.6 Å². The van der Waals surface area contributed by atoms with Gasteiger partial charge in [0, 0.05) is 10.2 Å². The molecule has 0 radical (unpaired) electrons. The summed E-state index contributed by atoms with van der Waals surface area (Å²) in [5.74, 6) is -1.34. The van der Waals surface area contributed by atoms with E-state index in [2.05, 4.69) is 21.2 Å². The highest BCUT2D eigenvalue weighted by Crippen LogP contribution is 2.56. The molecule has 3 aliphatic rings. The highest BCUT2D eigenvalue weighted by Gasteiger charge is 2.61. The van der Waals surface area contributed by atoms with Crippen LogP contribution < -0.4 is 10.2 Å². The highest BCUT2D eigenvalue weighted by molar-refractivity contribution is 9.10. The molecule has 1 aliphatic heterocycles. The summed E-state index contributed by atoms with van der Waals surface area (Å²) in [5.41, 5.74) is 1.14. The summed E-state index contributed by atoms with van der Waals surface area (Å²) in [6, 6.07) is 13.3. The van der Waals surface area contributed by atoms with Crippen molar-refractivity contribution in [2.45, 2.75) is 19.3 Å². The van der Waals surface area contributed by atoms with Gasteiger partial charge < -0.3 is 10.1 Å². The van der Waals surface area contributed by atoms with Gasteiger partial charge in [-0.15, -0.1) is 0 Å². The van der Waals surface area contributed by atoms with Crippen molar-refractivity contribution < 1.29 is 23.9 Å². The molecule has 1 N–H and O–H groups in total. The van der Waals surface area contributed by atoms with Gasteiger partial charge in [0.1, 0.15) is 0 Å². The molecular formula is C24H21BrN2O5. The zero-order valence-electron chi connectivity index (χ0n) is 17.1. The molecule has 7 nitrogen and oxygen atoms in total. The van der Waals surface area contributed by atoms with Crippen molar-refractivity contribution in [1.29, 1.82) is 0 Å². The first kappa shape index (κ1) is 20.9. The minimum absolute atomic E-state index is 0.161. The maximum Gasteiger partial charge on any atom is 0.338 e. The molecule has 0 unspecified atom stereocenters. The van der Waals surface area contributed by atoms with Crippen LogP contribution in [0.5, 0.6) is 0 Å². The fourth-order valence-electron chi connectivity index (χ4n) is 5.38. The van der Waals surface area contributed by atoms with Crippen LogP contribution in [0.25, 0.3) is 0 Å². The van der Waals surface area contributed by atoms with Gasteiger partial charge in [-0.1, -0.05) is 22.0 Å². The molecule has 3 amide bonds. The number of halogens is 1. The molecule has 5 rings (SSSR count). The minimum Gasteiger partial charge on any atom is -0.452 e. The number of nitrogens with one attached hydrogen (secondary N) is 1. The van der Waals surface area contributed by atoms with E-state index in [-0.39, 0.29) is 29.2 Å². The molecular weight excluding hydrogens is 476 g/mol. The van der Waals surface area contributed by atoms with Crippen LogP contribution in [-0.2, 0) is 19.1 Å². The van der Waals surface area contributed by atoms with E-state index in [0.29, 0.717) is 23.2 Å². The first-order valence-corrected chi connectivity index (χ1v) is 11.4. The van der Waals surface area contributed by atoms with Gasteiger partial charge in [-0.2, -0.15) is 0 Å². The summed E-state index contributed by atoms with van der Waals surface area (Å²) >= 11 is 3.32. The number of imide groups is 1. The Morgan fingerprint density at radius 2 is 1.66 bits per heavy atom. The van der Waals surface area contributed by atoms with Crippen LogP contribution in [0.15, 0.2) is 53.0 Å². The highest BCUT2D eigenvalue weighted by atomic mass is 79.9. The van der Waals surface area contributed by atoms with Gasteiger partial charge in [0.2, 0.25) is 11.8 Å². The van der Waals surface area contributed by atoms with Crippen molar-refractivity contribution in [1.82, 2.24) is 0 Å². The third-order valence-electron chi connectivity index (χ3n) is 6.73. The van der Waals surface area contributed by atoms with E-state index < -0.39 is 18.5 Å². The molecule has 2 saturated carbocycles. The van der Waals surface area contributed by atoms with Gasteiger partial charge in [-0.25, -0.2) is 4.79 Å². The molecule has 2 aliphatic carbocycles. The van der Waals surface area contributed by atoms with Crippen molar-refractivity contribution in [2.75, 3.05) is 16.8 Å². The van der Waals surface area contributed by atoms with Crippen LogP contribution >= 0.6 is 15.9 Å². The zero-order valence-corrected chi connectivity index (χ0v) is 18.7. The van der Waals surface area contributed by atoms with Gasteiger partial charge in [-0.3, -0.25) is 19.3 Å². The van der Waals surface area contributed by atoms with Crippen LogP contribution in [0.2, 0.25) is 0 Å². The molecule has 0 spiro atoms. The van der Waals surface area contributed by atoms with Crippen LogP contribution in [0.3, 0.4) is 0 Å². The fraction of sp³-hybridized carbons (Fsp3) is 0.333. The third-order valence-corrected chi connectivity index (χ3v) is 7.26. The second kappa shape index (κ2) is 8.16. The second-order valence-corrected chi connectivity index (χ2v) is 9.49.